The van der Waals surface area contributed by atoms with Gasteiger partial charge in [-0.3, -0.25) is 4.90 Å². The minimum atomic E-state index is -0.0961. The largest absolute Gasteiger partial charge is 0.497 e. The normalized spacial score (nSPS) is 22.3. The van der Waals surface area contributed by atoms with Crippen LogP contribution in [-0.2, 0) is 0 Å². The molecular weight excluding hydrogens is 255 g/mol. The van der Waals surface area contributed by atoms with Crippen molar-refractivity contribution in [1.29, 1.82) is 0 Å². The van der Waals surface area contributed by atoms with E-state index in [0.717, 1.165) is 37.5 Å². The van der Waals surface area contributed by atoms with Crippen molar-refractivity contribution in [1.82, 2.24) is 10.2 Å². The zero-order valence-electron chi connectivity index (χ0n) is 12.1. The lowest BCUT2D eigenvalue weighted by Gasteiger charge is -2.43. The molecule has 0 aromatic heterocycles. The number of piperazine rings is 1. The van der Waals surface area contributed by atoms with Gasteiger partial charge in [0, 0.05) is 37.8 Å². The van der Waals surface area contributed by atoms with Gasteiger partial charge in [-0.05, 0) is 37.0 Å². The summed E-state index contributed by atoms with van der Waals surface area (Å²) in [4.78, 5) is 2.44. The Kier molecular flexibility index (Phi) is 4.22. The van der Waals surface area contributed by atoms with Crippen LogP contribution in [0.25, 0.3) is 0 Å². The van der Waals surface area contributed by atoms with Gasteiger partial charge in [-0.2, -0.15) is 0 Å². The second-order valence-electron chi connectivity index (χ2n) is 5.81. The van der Waals surface area contributed by atoms with E-state index in [9.17, 15) is 4.39 Å². The van der Waals surface area contributed by atoms with Gasteiger partial charge < -0.3 is 10.1 Å². The van der Waals surface area contributed by atoms with Crippen LogP contribution < -0.4 is 10.1 Å². The summed E-state index contributed by atoms with van der Waals surface area (Å²) >= 11 is 0. The van der Waals surface area contributed by atoms with Crippen LogP contribution in [0.3, 0.4) is 0 Å². The van der Waals surface area contributed by atoms with Crippen LogP contribution in [0.15, 0.2) is 18.2 Å². The molecule has 0 amide bonds. The number of ether oxygens (including phenoxy) is 1. The van der Waals surface area contributed by atoms with Crippen LogP contribution in [0, 0.1) is 11.7 Å². The first-order valence-electron chi connectivity index (χ1n) is 7.58. The summed E-state index contributed by atoms with van der Waals surface area (Å²) in [6.07, 6.45) is 3.70. The zero-order valence-corrected chi connectivity index (χ0v) is 12.1. The Labute approximate surface area is 120 Å². The van der Waals surface area contributed by atoms with Crippen LogP contribution >= 0.6 is 0 Å². The molecule has 0 radical (unpaired) electrons. The summed E-state index contributed by atoms with van der Waals surface area (Å²) < 4.78 is 19.6. The molecule has 3 nitrogen and oxygen atoms in total. The first-order chi connectivity index (χ1) is 9.79. The van der Waals surface area contributed by atoms with Gasteiger partial charge >= 0.3 is 0 Å². The molecular formula is C16H23FN2O. The molecule has 4 heteroatoms. The third-order valence-corrected chi connectivity index (χ3v) is 4.66. The monoisotopic (exact) mass is 278 g/mol. The Bertz CT molecular complexity index is 456. The molecule has 0 spiro atoms. The van der Waals surface area contributed by atoms with Crippen molar-refractivity contribution in [3.63, 3.8) is 0 Å². The lowest BCUT2D eigenvalue weighted by atomic mass is 9.76. The lowest BCUT2D eigenvalue weighted by molar-refractivity contribution is 0.0810. The van der Waals surface area contributed by atoms with Crippen LogP contribution in [0.4, 0.5) is 4.39 Å². The smallest absolute Gasteiger partial charge is 0.128 e. The maximum Gasteiger partial charge on any atom is 0.128 e. The Morgan fingerprint density at radius 1 is 1.30 bits per heavy atom. The third kappa shape index (κ3) is 2.67. The fourth-order valence-corrected chi connectivity index (χ4v) is 3.34. The number of benzene rings is 1. The Balaban J connectivity index is 1.91. The molecule has 3 rings (SSSR count). The van der Waals surface area contributed by atoms with E-state index < -0.39 is 0 Å². The summed E-state index contributed by atoms with van der Waals surface area (Å²) in [5.74, 6) is 1.25. The Morgan fingerprint density at radius 3 is 2.65 bits per heavy atom. The molecule has 1 aromatic rings. The van der Waals surface area contributed by atoms with E-state index in [1.165, 1.54) is 19.3 Å². The fourth-order valence-electron chi connectivity index (χ4n) is 3.34. The average Bonchev–Trinajstić information content (AvgIpc) is 2.44. The number of nitrogens with one attached hydrogen (secondary N) is 1. The molecule has 2 aliphatic rings. The number of hydrogen-bond acceptors (Lipinski definition) is 3. The molecule has 1 atom stereocenters. The van der Waals surface area contributed by atoms with Gasteiger partial charge in [-0.25, -0.2) is 4.39 Å². The molecule has 1 heterocycles. The van der Waals surface area contributed by atoms with E-state index in [1.807, 2.05) is 6.07 Å². The van der Waals surface area contributed by atoms with Crippen LogP contribution in [0.1, 0.15) is 30.9 Å². The number of nitrogens with zero attached hydrogens (tertiary/aromatic N) is 1. The average molecular weight is 278 g/mol. The maximum atomic E-state index is 14.3. The first-order valence-corrected chi connectivity index (χ1v) is 7.58. The molecule has 1 aromatic carbocycles. The molecule has 1 N–H and O–H groups in total. The maximum absolute atomic E-state index is 14.3. The highest BCUT2D eigenvalue weighted by Crippen LogP contribution is 2.43. The predicted octanol–water partition coefficient (Wildman–Crippen LogP) is 2.58. The topological polar surface area (TPSA) is 24.5 Å². The van der Waals surface area contributed by atoms with E-state index >= 15 is 0 Å². The van der Waals surface area contributed by atoms with Crippen molar-refractivity contribution < 1.29 is 9.13 Å². The Hall–Kier alpha value is -1.13. The highest BCUT2D eigenvalue weighted by Gasteiger charge is 2.35. The minimum Gasteiger partial charge on any atom is -0.497 e. The van der Waals surface area contributed by atoms with Gasteiger partial charge in [0.25, 0.3) is 0 Å². The fraction of sp³-hybridized carbons (Fsp3) is 0.625. The van der Waals surface area contributed by atoms with Crippen molar-refractivity contribution in [3.05, 3.63) is 29.6 Å². The van der Waals surface area contributed by atoms with Crippen molar-refractivity contribution in [2.45, 2.75) is 25.3 Å². The van der Waals surface area contributed by atoms with Gasteiger partial charge in [0.2, 0.25) is 0 Å². The summed E-state index contributed by atoms with van der Waals surface area (Å²) in [5.41, 5.74) is 0.816. The van der Waals surface area contributed by atoms with Crippen molar-refractivity contribution >= 4 is 0 Å². The molecule has 1 saturated carbocycles. The SMILES string of the molecule is COc1ccc(F)c([C@@H](C2CCC2)N2CCNCC2)c1. The molecule has 1 aliphatic carbocycles. The van der Waals surface area contributed by atoms with Crippen molar-refractivity contribution in [2.75, 3.05) is 33.3 Å². The molecule has 2 fully saturated rings. The van der Waals surface area contributed by atoms with E-state index in [2.05, 4.69) is 10.2 Å². The number of rotatable bonds is 4. The highest BCUT2D eigenvalue weighted by molar-refractivity contribution is 5.32. The number of hydrogen-bond donors (Lipinski definition) is 1. The number of methoxy groups -OCH3 is 1. The van der Waals surface area contributed by atoms with Crippen LogP contribution in [0.5, 0.6) is 5.75 Å². The zero-order chi connectivity index (χ0) is 13.9. The summed E-state index contributed by atoms with van der Waals surface area (Å²) in [6.45, 7) is 3.99. The van der Waals surface area contributed by atoms with Gasteiger partial charge in [-0.15, -0.1) is 0 Å². The highest BCUT2D eigenvalue weighted by atomic mass is 19.1. The van der Waals surface area contributed by atoms with Crippen LogP contribution in [0.2, 0.25) is 0 Å². The summed E-state index contributed by atoms with van der Waals surface area (Å²) in [6, 6.07) is 5.34. The lowest BCUT2D eigenvalue weighted by Crippen LogP contribution is -2.48. The van der Waals surface area contributed by atoms with E-state index in [0.29, 0.717) is 5.92 Å². The second-order valence-corrected chi connectivity index (χ2v) is 5.81. The minimum absolute atomic E-state index is 0.0961. The number of halogens is 1. The summed E-state index contributed by atoms with van der Waals surface area (Å²) in [5, 5.41) is 3.37. The quantitative estimate of drug-likeness (QED) is 0.916. The third-order valence-electron chi connectivity index (χ3n) is 4.66. The van der Waals surface area contributed by atoms with Crippen molar-refractivity contribution in [3.8, 4) is 5.75 Å². The van der Waals surface area contributed by atoms with E-state index in [1.54, 1.807) is 19.2 Å². The van der Waals surface area contributed by atoms with Gasteiger partial charge in [0.15, 0.2) is 0 Å². The second kappa shape index (κ2) is 6.10. The standard InChI is InChI=1S/C16H23FN2O/c1-20-13-5-6-15(17)14(11-13)16(12-3-2-4-12)19-9-7-18-8-10-19/h5-6,11-12,16,18H,2-4,7-10H2,1H3/t16-/m1/s1. The predicted molar refractivity (Wildman–Crippen MR) is 77.5 cm³/mol. The Morgan fingerprint density at radius 2 is 2.05 bits per heavy atom. The van der Waals surface area contributed by atoms with Gasteiger partial charge in [0.1, 0.15) is 11.6 Å². The molecule has 0 bridgehead atoms. The van der Waals surface area contributed by atoms with E-state index in [4.69, 9.17) is 4.74 Å². The molecule has 1 saturated heterocycles. The summed E-state index contributed by atoms with van der Waals surface area (Å²) in [7, 11) is 1.64. The first kappa shape index (κ1) is 13.8. The van der Waals surface area contributed by atoms with Gasteiger partial charge in [-0.1, -0.05) is 6.42 Å². The van der Waals surface area contributed by atoms with Crippen molar-refractivity contribution in [2.24, 2.45) is 5.92 Å². The molecule has 20 heavy (non-hydrogen) atoms. The molecule has 110 valence electrons. The molecule has 0 unspecified atom stereocenters. The molecule has 1 aliphatic heterocycles. The van der Waals surface area contributed by atoms with Crippen LogP contribution in [-0.4, -0.2) is 38.2 Å². The van der Waals surface area contributed by atoms with E-state index in [-0.39, 0.29) is 11.9 Å². The van der Waals surface area contributed by atoms with Gasteiger partial charge in [0.05, 0.1) is 7.11 Å².